The maximum atomic E-state index is 12.4. The first kappa shape index (κ1) is 18.2. The molecule has 1 aromatic carbocycles. The van der Waals surface area contributed by atoms with Crippen LogP contribution in [0.5, 0.6) is 5.88 Å². The van der Waals surface area contributed by atoms with E-state index in [1.54, 1.807) is 7.11 Å². The molecule has 0 aliphatic carbocycles. The molecule has 26 heavy (non-hydrogen) atoms. The van der Waals surface area contributed by atoms with Crippen molar-refractivity contribution in [2.75, 3.05) is 31.6 Å². The largest absolute Gasteiger partial charge is 0.481 e. The summed E-state index contributed by atoms with van der Waals surface area (Å²) in [5.41, 5.74) is 2.13. The van der Waals surface area contributed by atoms with Crippen molar-refractivity contribution in [3.63, 3.8) is 0 Å². The number of nitrogens with one attached hydrogen (secondary N) is 1. The van der Waals surface area contributed by atoms with Crippen molar-refractivity contribution in [2.45, 2.75) is 26.2 Å². The number of rotatable bonds is 6. The number of aryl methyl sites for hydroxylation is 1. The molecule has 6 heteroatoms. The first-order chi connectivity index (χ1) is 12.7. The van der Waals surface area contributed by atoms with Gasteiger partial charge in [0.1, 0.15) is 0 Å². The lowest BCUT2D eigenvalue weighted by Crippen LogP contribution is -2.41. The van der Waals surface area contributed by atoms with Crippen LogP contribution in [0, 0.1) is 12.8 Å². The standard InChI is InChI=1S/C20H26N4O2/c1-15-14-18(26-2)23-20(22-15)24-12-9-17(10-13-24)19(25)21-11-8-16-6-4-3-5-7-16/h3-7,14,17H,8-13H2,1-2H3,(H,21,25). The summed E-state index contributed by atoms with van der Waals surface area (Å²) < 4.78 is 5.22. The van der Waals surface area contributed by atoms with Crippen LogP contribution in [-0.4, -0.2) is 42.6 Å². The summed E-state index contributed by atoms with van der Waals surface area (Å²) in [6.45, 7) is 4.18. The highest BCUT2D eigenvalue weighted by Gasteiger charge is 2.26. The Morgan fingerprint density at radius 2 is 1.96 bits per heavy atom. The number of aromatic nitrogens is 2. The zero-order valence-corrected chi connectivity index (χ0v) is 15.4. The van der Waals surface area contributed by atoms with Crippen LogP contribution in [0.4, 0.5) is 5.95 Å². The molecule has 0 spiro atoms. The number of carbonyl (C=O) groups is 1. The van der Waals surface area contributed by atoms with Gasteiger partial charge in [0.2, 0.25) is 17.7 Å². The Morgan fingerprint density at radius 3 is 2.65 bits per heavy atom. The van der Waals surface area contributed by atoms with Crippen molar-refractivity contribution in [2.24, 2.45) is 5.92 Å². The molecule has 2 aromatic rings. The molecule has 138 valence electrons. The summed E-state index contributed by atoms with van der Waals surface area (Å²) in [5.74, 6) is 1.48. The number of hydrogen-bond donors (Lipinski definition) is 1. The summed E-state index contributed by atoms with van der Waals surface area (Å²) >= 11 is 0. The second-order valence-corrected chi connectivity index (χ2v) is 6.64. The molecule has 1 saturated heterocycles. The van der Waals surface area contributed by atoms with E-state index in [9.17, 15) is 4.79 Å². The van der Waals surface area contributed by atoms with Gasteiger partial charge in [-0.05, 0) is 31.7 Å². The summed E-state index contributed by atoms with van der Waals surface area (Å²) in [7, 11) is 1.61. The van der Waals surface area contributed by atoms with Crippen molar-refractivity contribution in [1.82, 2.24) is 15.3 Å². The number of benzene rings is 1. The van der Waals surface area contributed by atoms with Crippen LogP contribution in [0.3, 0.4) is 0 Å². The average Bonchev–Trinajstić information content (AvgIpc) is 2.68. The molecule has 6 nitrogen and oxygen atoms in total. The van der Waals surface area contributed by atoms with Crippen molar-refractivity contribution in [3.8, 4) is 5.88 Å². The highest BCUT2D eigenvalue weighted by Crippen LogP contribution is 2.22. The second-order valence-electron chi connectivity index (χ2n) is 6.64. The van der Waals surface area contributed by atoms with Gasteiger partial charge in [0.25, 0.3) is 0 Å². The lowest BCUT2D eigenvalue weighted by atomic mass is 9.96. The van der Waals surface area contributed by atoms with Gasteiger partial charge < -0.3 is 15.0 Å². The van der Waals surface area contributed by atoms with E-state index in [-0.39, 0.29) is 11.8 Å². The van der Waals surface area contributed by atoms with Crippen LogP contribution in [0.1, 0.15) is 24.1 Å². The topological polar surface area (TPSA) is 67.3 Å². The average molecular weight is 354 g/mol. The third kappa shape index (κ3) is 4.71. The van der Waals surface area contributed by atoms with E-state index in [0.29, 0.717) is 18.4 Å². The lowest BCUT2D eigenvalue weighted by Gasteiger charge is -2.31. The van der Waals surface area contributed by atoms with Gasteiger partial charge in [0.05, 0.1) is 7.11 Å². The monoisotopic (exact) mass is 354 g/mol. The van der Waals surface area contributed by atoms with Gasteiger partial charge >= 0.3 is 0 Å². The molecule has 3 rings (SSSR count). The molecule has 1 N–H and O–H groups in total. The number of piperidine rings is 1. The van der Waals surface area contributed by atoms with Crippen molar-refractivity contribution < 1.29 is 9.53 Å². The van der Waals surface area contributed by atoms with Crippen LogP contribution in [0.15, 0.2) is 36.4 Å². The molecule has 2 heterocycles. The van der Waals surface area contributed by atoms with Gasteiger partial charge in [-0.1, -0.05) is 30.3 Å². The molecule has 1 fully saturated rings. The van der Waals surface area contributed by atoms with E-state index in [1.807, 2.05) is 31.2 Å². The fraction of sp³-hybridized carbons (Fsp3) is 0.450. The van der Waals surface area contributed by atoms with Crippen LogP contribution >= 0.6 is 0 Å². The SMILES string of the molecule is COc1cc(C)nc(N2CCC(C(=O)NCCc3ccccc3)CC2)n1. The first-order valence-electron chi connectivity index (χ1n) is 9.12. The van der Waals surface area contributed by atoms with Crippen molar-refractivity contribution in [1.29, 1.82) is 0 Å². The normalized spacial score (nSPS) is 14.9. The zero-order chi connectivity index (χ0) is 18.4. The molecule has 0 unspecified atom stereocenters. The fourth-order valence-corrected chi connectivity index (χ4v) is 3.23. The quantitative estimate of drug-likeness (QED) is 0.863. The molecule has 0 atom stereocenters. The number of anilines is 1. The van der Waals surface area contributed by atoms with Gasteiger partial charge in [-0.25, -0.2) is 4.98 Å². The summed E-state index contributed by atoms with van der Waals surface area (Å²) in [4.78, 5) is 23.4. The van der Waals surface area contributed by atoms with E-state index >= 15 is 0 Å². The highest BCUT2D eigenvalue weighted by molar-refractivity contribution is 5.78. The number of nitrogens with zero attached hydrogens (tertiary/aromatic N) is 3. The molecule has 0 saturated carbocycles. The zero-order valence-electron chi connectivity index (χ0n) is 15.4. The van der Waals surface area contributed by atoms with Crippen LogP contribution in [0.2, 0.25) is 0 Å². The Bertz CT molecular complexity index is 728. The molecule has 0 radical (unpaired) electrons. The second kappa shape index (κ2) is 8.65. The highest BCUT2D eigenvalue weighted by atomic mass is 16.5. The number of ether oxygens (including phenoxy) is 1. The van der Waals surface area contributed by atoms with Gasteiger partial charge in [0, 0.05) is 37.3 Å². The first-order valence-corrected chi connectivity index (χ1v) is 9.12. The maximum absolute atomic E-state index is 12.4. The predicted molar refractivity (Wildman–Crippen MR) is 101 cm³/mol. The van der Waals surface area contributed by atoms with Crippen LogP contribution < -0.4 is 15.0 Å². The Morgan fingerprint density at radius 1 is 1.23 bits per heavy atom. The summed E-state index contributed by atoms with van der Waals surface area (Å²) in [6.07, 6.45) is 2.50. The van der Waals surface area contributed by atoms with Crippen molar-refractivity contribution >= 4 is 11.9 Å². The van der Waals surface area contributed by atoms with E-state index in [1.165, 1.54) is 5.56 Å². The molecule has 1 aromatic heterocycles. The Labute approximate surface area is 154 Å². The maximum Gasteiger partial charge on any atom is 0.228 e. The molecule has 1 aliphatic rings. The van der Waals surface area contributed by atoms with Gasteiger partial charge in [-0.2, -0.15) is 4.98 Å². The Kier molecular flexibility index (Phi) is 6.04. The van der Waals surface area contributed by atoms with Crippen LogP contribution in [0.25, 0.3) is 0 Å². The number of amides is 1. The van der Waals surface area contributed by atoms with E-state index < -0.39 is 0 Å². The van der Waals surface area contributed by atoms with Gasteiger partial charge in [0.15, 0.2) is 0 Å². The molecule has 1 amide bonds. The number of hydrogen-bond acceptors (Lipinski definition) is 5. The van der Waals surface area contributed by atoms with E-state index in [2.05, 4.69) is 32.3 Å². The Balaban J connectivity index is 1.47. The molecule has 0 bridgehead atoms. The van der Waals surface area contributed by atoms with E-state index in [4.69, 9.17) is 4.74 Å². The predicted octanol–water partition coefficient (Wildman–Crippen LogP) is 2.37. The molecular formula is C20H26N4O2. The Hall–Kier alpha value is -2.63. The number of carbonyl (C=O) groups excluding carboxylic acids is 1. The van der Waals surface area contributed by atoms with Crippen LogP contribution in [-0.2, 0) is 11.2 Å². The minimum absolute atomic E-state index is 0.0636. The minimum atomic E-state index is 0.0636. The lowest BCUT2D eigenvalue weighted by molar-refractivity contribution is -0.125. The molecular weight excluding hydrogens is 328 g/mol. The molecule has 1 aliphatic heterocycles. The fourth-order valence-electron chi connectivity index (χ4n) is 3.23. The number of methoxy groups -OCH3 is 1. The third-order valence-corrected chi connectivity index (χ3v) is 4.73. The third-order valence-electron chi connectivity index (χ3n) is 4.73. The van der Waals surface area contributed by atoms with Gasteiger partial charge in [-0.3, -0.25) is 4.79 Å². The van der Waals surface area contributed by atoms with E-state index in [0.717, 1.165) is 38.0 Å². The van der Waals surface area contributed by atoms with Crippen molar-refractivity contribution in [3.05, 3.63) is 47.7 Å². The summed E-state index contributed by atoms with van der Waals surface area (Å²) in [5, 5.41) is 3.07. The van der Waals surface area contributed by atoms with Gasteiger partial charge in [-0.15, -0.1) is 0 Å². The minimum Gasteiger partial charge on any atom is -0.481 e. The summed E-state index contributed by atoms with van der Waals surface area (Å²) in [6, 6.07) is 12.0. The smallest absolute Gasteiger partial charge is 0.228 e.